The van der Waals surface area contributed by atoms with E-state index in [-0.39, 0.29) is 5.69 Å². The minimum absolute atomic E-state index is 0.00396. The molecule has 1 aliphatic rings. The lowest BCUT2D eigenvalue weighted by atomic mass is 10.0. The van der Waals surface area contributed by atoms with E-state index in [1.165, 1.54) is 18.2 Å². The van der Waals surface area contributed by atoms with Gasteiger partial charge in [-0.3, -0.25) is 10.1 Å². The van der Waals surface area contributed by atoms with Crippen LogP contribution in [0.3, 0.4) is 0 Å². The first kappa shape index (κ1) is 13.3. The van der Waals surface area contributed by atoms with Crippen molar-refractivity contribution in [3.8, 4) is 6.07 Å². The second-order valence-electron chi connectivity index (χ2n) is 4.56. The van der Waals surface area contributed by atoms with Crippen LogP contribution in [-0.2, 0) is 4.74 Å². The molecule has 1 unspecified atom stereocenters. The van der Waals surface area contributed by atoms with Gasteiger partial charge in [-0.25, -0.2) is 0 Å². The Morgan fingerprint density at radius 3 is 3.05 bits per heavy atom. The summed E-state index contributed by atoms with van der Waals surface area (Å²) in [7, 11) is 0. The lowest BCUT2D eigenvalue weighted by Gasteiger charge is -2.22. The number of hydrogen-bond donors (Lipinski definition) is 1. The molecule has 0 aromatic heterocycles. The monoisotopic (exact) mass is 261 g/mol. The first-order valence-electron chi connectivity index (χ1n) is 6.21. The Labute approximate surface area is 111 Å². The molecule has 6 nitrogen and oxygen atoms in total. The number of nitrogens with one attached hydrogen (secondary N) is 1. The van der Waals surface area contributed by atoms with Gasteiger partial charge in [0.2, 0.25) is 0 Å². The van der Waals surface area contributed by atoms with Gasteiger partial charge in [-0.2, -0.15) is 5.26 Å². The summed E-state index contributed by atoms with van der Waals surface area (Å²) >= 11 is 0. The number of nitro benzene ring substituents is 1. The van der Waals surface area contributed by atoms with Crippen molar-refractivity contribution >= 4 is 11.4 Å². The Morgan fingerprint density at radius 2 is 2.42 bits per heavy atom. The molecule has 6 heteroatoms. The molecular formula is C13H15N3O3. The largest absolute Gasteiger partial charge is 0.381 e. The fraction of sp³-hybridized carbons (Fsp3) is 0.462. The van der Waals surface area contributed by atoms with Gasteiger partial charge in [0.25, 0.3) is 5.69 Å². The van der Waals surface area contributed by atoms with E-state index >= 15 is 0 Å². The second kappa shape index (κ2) is 6.16. The van der Waals surface area contributed by atoms with Crippen LogP contribution in [0.2, 0.25) is 0 Å². The summed E-state index contributed by atoms with van der Waals surface area (Å²) in [6, 6.07) is 6.31. The van der Waals surface area contributed by atoms with Crippen LogP contribution in [0.5, 0.6) is 0 Å². The van der Waals surface area contributed by atoms with Gasteiger partial charge >= 0.3 is 0 Å². The first-order valence-corrected chi connectivity index (χ1v) is 6.21. The van der Waals surface area contributed by atoms with E-state index in [1.54, 1.807) is 0 Å². The summed E-state index contributed by atoms with van der Waals surface area (Å²) in [6.07, 6.45) is 2.07. The molecule has 1 aliphatic heterocycles. The average Bonchev–Trinajstić information content (AvgIpc) is 2.45. The molecule has 0 amide bonds. The van der Waals surface area contributed by atoms with E-state index < -0.39 is 4.92 Å². The third-order valence-electron chi connectivity index (χ3n) is 3.16. The van der Waals surface area contributed by atoms with Gasteiger partial charge in [-0.15, -0.1) is 0 Å². The van der Waals surface area contributed by atoms with Crippen LogP contribution in [0.4, 0.5) is 11.4 Å². The maximum Gasteiger partial charge on any atom is 0.292 e. The van der Waals surface area contributed by atoms with Crippen LogP contribution >= 0.6 is 0 Å². The fourth-order valence-electron chi connectivity index (χ4n) is 2.13. The lowest BCUT2D eigenvalue weighted by Crippen LogP contribution is -2.24. The number of nitriles is 1. The molecule has 0 aliphatic carbocycles. The van der Waals surface area contributed by atoms with Crippen molar-refractivity contribution in [3.63, 3.8) is 0 Å². The van der Waals surface area contributed by atoms with E-state index in [0.29, 0.717) is 30.3 Å². The summed E-state index contributed by atoms with van der Waals surface area (Å²) in [4.78, 5) is 10.5. The van der Waals surface area contributed by atoms with Gasteiger partial charge in [-0.05, 0) is 30.9 Å². The predicted octanol–water partition coefficient (Wildman–Crippen LogP) is 2.30. The van der Waals surface area contributed by atoms with E-state index in [4.69, 9.17) is 10.00 Å². The molecule has 1 aromatic rings. The van der Waals surface area contributed by atoms with Gasteiger partial charge in [0.15, 0.2) is 0 Å². The second-order valence-corrected chi connectivity index (χ2v) is 4.56. The summed E-state index contributed by atoms with van der Waals surface area (Å²) in [5, 5.41) is 22.8. The Kier molecular flexibility index (Phi) is 4.31. The molecule has 0 bridgehead atoms. The van der Waals surface area contributed by atoms with E-state index in [9.17, 15) is 10.1 Å². The number of ether oxygens (including phenoxy) is 1. The highest BCUT2D eigenvalue weighted by Gasteiger charge is 2.17. The molecule has 1 fully saturated rings. The minimum Gasteiger partial charge on any atom is -0.381 e. The smallest absolute Gasteiger partial charge is 0.292 e. The summed E-state index contributed by atoms with van der Waals surface area (Å²) in [5.41, 5.74) is 0.804. The number of benzene rings is 1. The molecule has 1 atom stereocenters. The molecule has 2 rings (SSSR count). The molecule has 1 N–H and O–H groups in total. The zero-order valence-corrected chi connectivity index (χ0v) is 10.5. The van der Waals surface area contributed by atoms with Gasteiger partial charge in [0, 0.05) is 19.2 Å². The predicted molar refractivity (Wildman–Crippen MR) is 69.8 cm³/mol. The Morgan fingerprint density at radius 1 is 1.58 bits per heavy atom. The average molecular weight is 261 g/mol. The van der Waals surface area contributed by atoms with Crippen LogP contribution in [-0.4, -0.2) is 24.7 Å². The van der Waals surface area contributed by atoms with Crippen molar-refractivity contribution in [3.05, 3.63) is 33.9 Å². The zero-order chi connectivity index (χ0) is 13.7. The third kappa shape index (κ3) is 3.42. The highest BCUT2D eigenvalue weighted by Crippen LogP contribution is 2.26. The summed E-state index contributed by atoms with van der Waals surface area (Å²) < 4.78 is 5.37. The molecular weight excluding hydrogens is 246 g/mol. The van der Waals surface area contributed by atoms with E-state index in [1.807, 2.05) is 6.07 Å². The SMILES string of the molecule is N#Cc1ccc([N+](=O)[O-])c(NCC2CCCOC2)c1. The van der Waals surface area contributed by atoms with Gasteiger partial charge in [0.1, 0.15) is 5.69 Å². The van der Waals surface area contributed by atoms with Crippen molar-refractivity contribution in [1.82, 2.24) is 0 Å². The molecule has 1 aromatic carbocycles. The summed E-state index contributed by atoms with van der Waals surface area (Å²) in [6.45, 7) is 2.09. The van der Waals surface area contributed by atoms with Crippen molar-refractivity contribution < 1.29 is 9.66 Å². The number of rotatable bonds is 4. The normalized spacial score (nSPS) is 18.6. The van der Waals surface area contributed by atoms with Crippen molar-refractivity contribution in [2.75, 3.05) is 25.1 Å². The minimum atomic E-state index is -0.444. The number of nitrogens with zero attached hydrogens (tertiary/aromatic N) is 2. The maximum absolute atomic E-state index is 10.9. The Balaban J connectivity index is 2.08. The Hall–Kier alpha value is -2.13. The van der Waals surface area contributed by atoms with Crippen LogP contribution in [0, 0.1) is 27.4 Å². The number of nitro groups is 1. The van der Waals surface area contributed by atoms with Crippen LogP contribution < -0.4 is 5.32 Å². The fourth-order valence-corrected chi connectivity index (χ4v) is 2.13. The van der Waals surface area contributed by atoms with E-state index in [0.717, 1.165) is 19.4 Å². The molecule has 0 radical (unpaired) electrons. The van der Waals surface area contributed by atoms with Crippen molar-refractivity contribution in [1.29, 1.82) is 5.26 Å². The highest BCUT2D eigenvalue weighted by atomic mass is 16.6. The molecule has 0 spiro atoms. The lowest BCUT2D eigenvalue weighted by molar-refractivity contribution is -0.384. The quantitative estimate of drug-likeness (QED) is 0.663. The van der Waals surface area contributed by atoms with Crippen LogP contribution in [0.25, 0.3) is 0 Å². The molecule has 19 heavy (non-hydrogen) atoms. The van der Waals surface area contributed by atoms with Gasteiger partial charge in [-0.1, -0.05) is 0 Å². The third-order valence-corrected chi connectivity index (χ3v) is 3.16. The maximum atomic E-state index is 10.9. The Bertz CT molecular complexity index is 504. The van der Waals surface area contributed by atoms with Crippen molar-refractivity contribution in [2.45, 2.75) is 12.8 Å². The summed E-state index contributed by atoms with van der Waals surface area (Å²) in [5.74, 6) is 0.360. The molecule has 1 heterocycles. The molecule has 100 valence electrons. The van der Waals surface area contributed by atoms with Gasteiger partial charge in [0.05, 0.1) is 23.2 Å². The highest BCUT2D eigenvalue weighted by molar-refractivity contribution is 5.64. The number of hydrogen-bond acceptors (Lipinski definition) is 5. The molecule has 1 saturated heterocycles. The van der Waals surface area contributed by atoms with Gasteiger partial charge < -0.3 is 10.1 Å². The molecule has 0 saturated carbocycles. The standard InChI is InChI=1S/C13H15N3O3/c14-7-10-3-4-13(16(17)18)12(6-10)15-8-11-2-1-5-19-9-11/h3-4,6,11,15H,1-2,5,8-9H2. The van der Waals surface area contributed by atoms with E-state index in [2.05, 4.69) is 5.32 Å². The van der Waals surface area contributed by atoms with Crippen molar-refractivity contribution in [2.24, 2.45) is 5.92 Å². The first-order chi connectivity index (χ1) is 9.20. The topological polar surface area (TPSA) is 88.2 Å². The zero-order valence-electron chi connectivity index (χ0n) is 10.5. The van der Waals surface area contributed by atoms with Crippen LogP contribution in [0.15, 0.2) is 18.2 Å². The van der Waals surface area contributed by atoms with Crippen LogP contribution in [0.1, 0.15) is 18.4 Å². The number of anilines is 1.